The molecule has 0 atom stereocenters. The first-order valence-corrected chi connectivity index (χ1v) is 8.92. The Kier molecular flexibility index (Phi) is 5.55. The van der Waals surface area contributed by atoms with E-state index in [1.807, 2.05) is 55.5 Å². The molecule has 0 spiro atoms. The summed E-state index contributed by atoms with van der Waals surface area (Å²) in [6.45, 7) is 10.5. The summed E-state index contributed by atoms with van der Waals surface area (Å²) in [6.07, 6.45) is 1.70. The van der Waals surface area contributed by atoms with E-state index < -0.39 is 5.97 Å². The van der Waals surface area contributed by atoms with Crippen LogP contribution in [0, 0.1) is 0 Å². The van der Waals surface area contributed by atoms with Crippen molar-refractivity contribution in [2.75, 3.05) is 6.61 Å². The summed E-state index contributed by atoms with van der Waals surface area (Å²) in [7, 11) is 0. The van der Waals surface area contributed by atoms with Crippen LogP contribution in [-0.4, -0.2) is 18.5 Å². The van der Waals surface area contributed by atoms with Crippen molar-refractivity contribution in [2.24, 2.45) is 4.99 Å². The maximum atomic E-state index is 12.2. The normalized spacial score (nSPS) is 15.0. The molecule has 2 aromatic carbocycles. The van der Waals surface area contributed by atoms with Crippen molar-refractivity contribution in [3.63, 3.8) is 0 Å². The first kappa shape index (κ1) is 18.6. The average molecular weight is 361 g/mol. The van der Waals surface area contributed by atoms with Crippen LogP contribution in [0.2, 0.25) is 0 Å². The molecule has 0 N–H and O–H groups in total. The largest absolute Gasteiger partial charge is 0.489 e. The first-order chi connectivity index (χ1) is 12.9. The van der Waals surface area contributed by atoms with Crippen LogP contribution in [0.15, 0.2) is 71.4 Å². The molecule has 4 nitrogen and oxygen atoms in total. The number of hydrogen-bond donors (Lipinski definition) is 0. The van der Waals surface area contributed by atoms with Crippen molar-refractivity contribution >= 4 is 17.9 Å². The van der Waals surface area contributed by atoms with Crippen LogP contribution in [-0.2, 0) is 9.53 Å². The van der Waals surface area contributed by atoms with Gasteiger partial charge in [0.05, 0.1) is 0 Å². The van der Waals surface area contributed by atoms with E-state index in [2.05, 4.69) is 25.4 Å². The number of benzene rings is 2. The van der Waals surface area contributed by atoms with Gasteiger partial charge >= 0.3 is 5.97 Å². The molecule has 0 unspecified atom stereocenters. The minimum Gasteiger partial charge on any atom is -0.489 e. The standard InChI is InChI=1S/C23H23NO3/c1-15(2)14-26-20-7-5-6-17(12-20)13-21-23(25)27-22(24-21)19-10-8-18(9-11-19)16(3)4/h5-13,16H,1,14H2,2-4H3/b21-13-. The fourth-order valence-corrected chi connectivity index (χ4v) is 2.60. The zero-order valence-corrected chi connectivity index (χ0v) is 15.9. The third-order valence-corrected chi connectivity index (χ3v) is 4.09. The van der Waals surface area contributed by atoms with Gasteiger partial charge in [0.25, 0.3) is 0 Å². The van der Waals surface area contributed by atoms with Crippen LogP contribution in [0.25, 0.3) is 6.08 Å². The molecule has 4 heteroatoms. The number of cyclic esters (lactones) is 1. The topological polar surface area (TPSA) is 47.9 Å². The number of rotatable bonds is 6. The first-order valence-electron chi connectivity index (χ1n) is 8.92. The molecule has 2 aromatic rings. The Balaban J connectivity index is 1.81. The maximum absolute atomic E-state index is 12.2. The van der Waals surface area contributed by atoms with Gasteiger partial charge in [-0.2, -0.15) is 0 Å². The predicted octanol–water partition coefficient (Wildman–Crippen LogP) is 5.11. The van der Waals surface area contributed by atoms with Crippen molar-refractivity contribution in [1.82, 2.24) is 0 Å². The van der Waals surface area contributed by atoms with Gasteiger partial charge in [0.1, 0.15) is 12.4 Å². The zero-order chi connectivity index (χ0) is 19.4. The second kappa shape index (κ2) is 8.04. The molecule has 0 amide bonds. The van der Waals surface area contributed by atoms with Crippen molar-refractivity contribution in [3.8, 4) is 5.75 Å². The predicted molar refractivity (Wildman–Crippen MR) is 108 cm³/mol. The molecule has 0 saturated heterocycles. The number of carbonyl (C=O) groups is 1. The molecule has 1 aliphatic rings. The van der Waals surface area contributed by atoms with Crippen LogP contribution in [0.4, 0.5) is 0 Å². The Morgan fingerprint density at radius 2 is 1.96 bits per heavy atom. The molecule has 138 valence electrons. The molecule has 0 saturated carbocycles. The summed E-state index contributed by atoms with van der Waals surface area (Å²) >= 11 is 0. The fourth-order valence-electron chi connectivity index (χ4n) is 2.60. The molecular formula is C23H23NO3. The number of nitrogens with zero attached hydrogens (tertiary/aromatic N) is 1. The van der Waals surface area contributed by atoms with E-state index in [9.17, 15) is 4.79 Å². The highest BCUT2D eigenvalue weighted by molar-refractivity contribution is 6.12. The van der Waals surface area contributed by atoms with Crippen LogP contribution in [0.3, 0.4) is 0 Å². The summed E-state index contributed by atoms with van der Waals surface area (Å²) in [4.78, 5) is 16.6. The van der Waals surface area contributed by atoms with Crippen molar-refractivity contribution in [1.29, 1.82) is 0 Å². The van der Waals surface area contributed by atoms with Crippen molar-refractivity contribution < 1.29 is 14.3 Å². The van der Waals surface area contributed by atoms with E-state index in [1.54, 1.807) is 6.08 Å². The number of carbonyl (C=O) groups excluding carboxylic acids is 1. The van der Waals surface area contributed by atoms with Crippen LogP contribution in [0.5, 0.6) is 5.75 Å². The van der Waals surface area contributed by atoms with Gasteiger partial charge in [-0.15, -0.1) is 0 Å². The Labute approximate surface area is 159 Å². The van der Waals surface area contributed by atoms with Gasteiger partial charge in [-0.25, -0.2) is 9.79 Å². The van der Waals surface area contributed by atoms with Crippen LogP contribution >= 0.6 is 0 Å². The van der Waals surface area contributed by atoms with Gasteiger partial charge in [0.15, 0.2) is 5.70 Å². The number of ether oxygens (including phenoxy) is 2. The fraction of sp³-hybridized carbons (Fsp3) is 0.217. The van der Waals surface area contributed by atoms with E-state index in [-0.39, 0.29) is 5.70 Å². The van der Waals surface area contributed by atoms with Gasteiger partial charge in [0, 0.05) is 5.56 Å². The third-order valence-electron chi connectivity index (χ3n) is 4.09. The number of aliphatic imine (C=N–C) groups is 1. The Morgan fingerprint density at radius 1 is 1.22 bits per heavy atom. The smallest absolute Gasteiger partial charge is 0.363 e. The summed E-state index contributed by atoms with van der Waals surface area (Å²) in [5.41, 5.74) is 4.05. The monoisotopic (exact) mass is 361 g/mol. The van der Waals surface area contributed by atoms with E-state index in [0.29, 0.717) is 24.2 Å². The molecule has 0 aromatic heterocycles. The van der Waals surface area contributed by atoms with Crippen LogP contribution in [0.1, 0.15) is 43.4 Å². The van der Waals surface area contributed by atoms with Gasteiger partial charge in [-0.05, 0) is 59.9 Å². The van der Waals surface area contributed by atoms with E-state index in [0.717, 1.165) is 16.7 Å². The van der Waals surface area contributed by atoms with Crippen LogP contribution < -0.4 is 4.74 Å². The summed E-state index contributed by atoms with van der Waals surface area (Å²) in [5.74, 6) is 1.04. The molecular weight excluding hydrogens is 338 g/mol. The van der Waals surface area contributed by atoms with Gasteiger partial charge < -0.3 is 9.47 Å². The second-order valence-electron chi connectivity index (χ2n) is 6.93. The summed E-state index contributed by atoms with van der Waals surface area (Å²) in [6, 6.07) is 15.4. The quantitative estimate of drug-likeness (QED) is 0.408. The third kappa shape index (κ3) is 4.73. The molecule has 0 aliphatic carbocycles. The van der Waals surface area contributed by atoms with E-state index >= 15 is 0 Å². The molecule has 0 fully saturated rings. The lowest BCUT2D eigenvalue weighted by molar-refractivity contribution is -0.129. The summed E-state index contributed by atoms with van der Waals surface area (Å²) in [5, 5.41) is 0. The molecule has 27 heavy (non-hydrogen) atoms. The Hall–Kier alpha value is -3.14. The lowest BCUT2D eigenvalue weighted by atomic mass is 10.0. The van der Waals surface area contributed by atoms with E-state index in [4.69, 9.17) is 9.47 Å². The SMILES string of the molecule is C=C(C)COc1cccc(/C=C2\N=C(c3ccc(C(C)C)cc3)OC2=O)c1. The van der Waals surface area contributed by atoms with E-state index in [1.165, 1.54) is 5.56 Å². The minimum atomic E-state index is -0.453. The van der Waals surface area contributed by atoms with Gasteiger partial charge in [-0.1, -0.05) is 44.7 Å². The molecule has 0 bridgehead atoms. The molecule has 1 heterocycles. The maximum Gasteiger partial charge on any atom is 0.363 e. The van der Waals surface area contributed by atoms with Gasteiger partial charge in [-0.3, -0.25) is 0 Å². The highest BCUT2D eigenvalue weighted by Crippen LogP contribution is 2.22. The second-order valence-corrected chi connectivity index (χ2v) is 6.93. The lowest BCUT2D eigenvalue weighted by Gasteiger charge is -2.06. The molecule has 1 aliphatic heterocycles. The Bertz CT molecular complexity index is 921. The molecule has 3 rings (SSSR count). The average Bonchev–Trinajstić information content (AvgIpc) is 3.01. The van der Waals surface area contributed by atoms with Gasteiger partial charge in [0.2, 0.25) is 5.90 Å². The highest BCUT2D eigenvalue weighted by atomic mass is 16.6. The summed E-state index contributed by atoms with van der Waals surface area (Å²) < 4.78 is 11.0. The van der Waals surface area contributed by atoms with Crippen molar-refractivity contribution in [2.45, 2.75) is 26.7 Å². The Morgan fingerprint density at radius 3 is 2.63 bits per heavy atom. The minimum absolute atomic E-state index is 0.273. The highest BCUT2D eigenvalue weighted by Gasteiger charge is 2.24. The molecule has 0 radical (unpaired) electrons. The lowest BCUT2D eigenvalue weighted by Crippen LogP contribution is -2.05. The van der Waals surface area contributed by atoms with Crippen molar-refractivity contribution in [3.05, 3.63) is 83.1 Å². The zero-order valence-electron chi connectivity index (χ0n) is 15.9. The number of hydrogen-bond acceptors (Lipinski definition) is 4. The number of esters is 1.